The molecule has 1 saturated heterocycles. The second kappa shape index (κ2) is 8.06. The van der Waals surface area contributed by atoms with Crippen LogP contribution >= 0.6 is 22.9 Å². The number of benzene rings is 1. The summed E-state index contributed by atoms with van der Waals surface area (Å²) in [5, 5.41) is 9.33. The summed E-state index contributed by atoms with van der Waals surface area (Å²) in [4.78, 5) is 6.04. The number of hydrogen-bond acceptors (Lipinski definition) is 6. The maximum absolute atomic E-state index is 13.3. The van der Waals surface area contributed by atoms with Gasteiger partial charge in [0, 0.05) is 31.3 Å². The summed E-state index contributed by atoms with van der Waals surface area (Å²) in [6.45, 7) is 6.75. The highest BCUT2D eigenvalue weighted by Gasteiger charge is 2.69. The van der Waals surface area contributed by atoms with Gasteiger partial charge in [-0.2, -0.15) is 0 Å². The SMILES string of the molecule is Cc1ncoc1-c1nnc(SCCCN2CC3(c4cccc(S(F)(F)F)c4)C[C@@]3(C)C2)n1C. The Morgan fingerprint density at radius 3 is 2.76 bits per heavy atom. The van der Waals surface area contributed by atoms with Gasteiger partial charge in [0.15, 0.2) is 17.3 Å². The maximum Gasteiger partial charge on any atom is 0.237 e. The molecule has 0 N–H and O–H groups in total. The largest absolute Gasteiger partial charge is 0.440 e. The van der Waals surface area contributed by atoms with Gasteiger partial charge in [0.1, 0.15) is 0 Å². The first kappa shape index (κ1) is 22.8. The average Bonchev–Trinajstić information content (AvgIpc) is 3.11. The Labute approximate surface area is 197 Å². The zero-order valence-electron chi connectivity index (χ0n) is 18.7. The Bertz CT molecular complexity index is 1180. The molecule has 0 bridgehead atoms. The molecule has 6 nitrogen and oxygen atoms in total. The lowest BCUT2D eigenvalue weighted by atomic mass is 9.90. The van der Waals surface area contributed by atoms with Gasteiger partial charge in [-0.15, -0.1) is 21.9 Å². The first-order valence-corrected chi connectivity index (χ1v) is 13.1. The minimum absolute atomic E-state index is 0.0626. The molecule has 0 radical (unpaired) electrons. The third kappa shape index (κ3) is 3.97. The van der Waals surface area contributed by atoms with Crippen LogP contribution in [0, 0.1) is 12.3 Å². The van der Waals surface area contributed by atoms with Crippen molar-refractivity contribution in [2.75, 3.05) is 25.4 Å². The second-order valence-corrected chi connectivity index (χ2v) is 11.6. The first-order valence-electron chi connectivity index (χ1n) is 10.8. The monoisotopic (exact) mass is 497 g/mol. The Morgan fingerprint density at radius 2 is 2.03 bits per heavy atom. The van der Waals surface area contributed by atoms with Crippen LogP contribution in [0.4, 0.5) is 11.7 Å². The summed E-state index contributed by atoms with van der Waals surface area (Å²) in [6.07, 6.45) is 3.33. The molecule has 3 aromatic rings. The molecular weight excluding hydrogens is 471 g/mol. The summed E-state index contributed by atoms with van der Waals surface area (Å²) in [5.74, 6) is 2.17. The van der Waals surface area contributed by atoms with E-state index in [4.69, 9.17) is 4.42 Å². The summed E-state index contributed by atoms with van der Waals surface area (Å²) < 4.78 is 47.2. The van der Waals surface area contributed by atoms with Crippen LogP contribution in [0.5, 0.6) is 0 Å². The van der Waals surface area contributed by atoms with Crippen molar-refractivity contribution in [1.29, 1.82) is 0 Å². The van der Waals surface area contributed by atoms with Crippen molar-refractivity contribution in [3.63, 3.8) is 0 Å². The molecule has 33 heavy (non-hydrogen) atoms. The number of likely N-dealkylation sites (tertiary alicyclic amines) is 1. The number of aromatic nitrogens is 4. The van der Waals surface area contributed by atoms with Crippen molar-refractivity contribution < 1.29 is 16.1 Å². The number of halogens is 3. The predicted molar refractivity (Wildman–Crippen MR) is 123 cm³/mol. The number of oxazole rings is 1. The number of piperidine rings is 1. The molecule has 1 saturated carbocycles. The molecule has 2 aliphatic rings. The average molecular weight is 498 g/mol. The standard InChI is InChI=1S/C22H26F3N5OS2/c1-15-18(31-14-26-15)19-27-28-20(29(19)3)32-9-5-8-30-12-21(2)11-22(21,13-30)16-6-4-7-17(10-16)33(23,24)25/h4,6-7,10,14H,5,8-9,11-13H2,1-3H3/t21-,22?/m0/s1. The van der Waals surface area contributed by atoms with E-state index in [1.165, 1.54) is 18.5 Å². The molecule has 1 unspecified atom stereocenters. The summed E-state index contributed by atoms with van der Waals surface area (Å²) in [5.41, 5.74) is 1.54. The van der Waals surface area contributed by atoms with Gasteiger partial charge in [0.25, 0.3) is 0 Å². The van der Waals surface area contributed by atoms with E-state index in [1.807, 2.05) is 24.6 Å². The summed E-state index contributed by atoms with van der Waals surface area (Å²) in [7, 11) is 1.91. The molecular formula is C22H26F3N5OS2. The normalized spacial score (nSPS) is 25.4. The van der Waals surface area contributed by atoms with Crippen molar-refractivity contribution in [2.45, 2.75) is 42.2 Å². The molecule has 0 spiro atoms. The molecule has 178 valence electrons. The lowest BCUT2D eigenvalue weighted by Gasteiger charge is -2.21. The molecule has 0 amide bonds. The number of hydrogen-bond donors (Lipinski definition) is 0. The van der Waals surface area contributed by atoms with E-state index in [9.17, 15) is 11.7 Å². The lowest BCUT2D eigenvalue weighted by Crippen LogP contribution is -2.28. The lowest BCUT2D eigenvalue weighted by molar-refractivity contribution is 0.284. The number of fused-ring (bicyclic) bond motifs is 1. The number of aryl methyl sites for hydroxylation is 1. The fraction of sp³-hybridized carbons (Fsp3) is 0.500. The highest BCUT2D eigenvalue weighted by molar-refractivity contribution is 8.20. The van der Waals surface area contributed by atoms with E-state index in [1.54, 1.807) is 17.8 Å². The Kier molecular flexibility index (Phi) is 5.56. The Morgan fingerprint density at radius 1 is 1.21 bits per heavy atom. The van der Waals surface area contributed by atoms with Crippen molar-refractivity contribution in [2.24, 2.45) is 12.5 Å². The van der Waals surface area contributed by atoms with Crippen LogP contribution in [0.1, 0.15) is 31.0 Å². The van der Waals surface area contributed by atoms with Gasteiger partial charge in [-0.3, -0.25) is 0 Å². The minimum Gasteiger partial charge on any atom is -0.440 e. The highest BCUT2D eigenvalue weighted by atomic mass is 32.3. The van der Waals surface area contributed by atoms with Crippen LogP contribution in [-0.4, -0.2) is 50.0 Å². The molecule has 2 atom stereocenters. The number of thioether (sulfide) groups is 1. The highest BCUT2D eigenvalue weighted by Crippen LogP contribution is 2.69. The quantitative estimate of drug-likeness (QED) is 0.292. The third-order valence-corrected chi connectivity index (χ3v) is 8.97. The molecule has 1 aromatic carbocycles. The van der Waals surface area contributed by atoms with Crippen molar-refractivity contribution in [3.05, 3.63) is 41.9 Å². The van der Waals surface area contributed by atoms with E-state index in [0.29, 0.717) is 11.6 Å². The Hall–Kier alpha value is -1.98. The van der Waals surface area contributed by atoms with Gasteiger partial charge in [-0.05, 0) is 49.4 Å². The molecule has 5 rings (SSSR count). The molecule has 3 heterocycles. The third-order valence-electron chi connectivity index (χ3n) is 7.08. The number of rotatable bonds is 8. The summed E-state index contributed by atoms with van der Waals surface area (Å²) >= 11 is -3.55. The van der Waals surface area contributed by atoms with E-state index in [-0.39, 0.29) is 10.8 Å². The zero-order valence-corrected chi connectivity index (χ0v) is 20.4. The van der Waals surface area contributed by atoms with Crippen LogP contribution in [0.15, 0.2) is 45.1 Å². The van der Waals surface area contributed by atoms with Gasteiger partial charge in [0.05, 0.1) is 10.6 Å². The van der Waals surface area contributed by atoms with E-state index in [2.05, 4.69) is 27.0 Å². The van der Waals surface area contributed by atoms with Crippen molar-refractivity contribution in [3.8, 4) is 11.6 Å². The van der Waals surface area contributed by atoms with Gasteiger partial charge in [-0.25, -0.2) is 4.98 Å². The molecule has 1 aliphatic heterocycles. The van der Waals surface area contributed by atoms with Crippen LogP contribution < -0.4 is 0 Å². The molecule has 1 aliphatic carbocycles. The fourth-order valence-corrected chi connectivity index (χ4v) is 6.58. The van der Waals surface area contributed by atoms with E-state index in [0.717, 1.165) is 54.6 Å². The summed E-state index contributed by atoms with van der Waals surface area (Å²) in [6, 6.07) is 6.02. The molecule has 2 fully saturated rings. The van der Waals surface area contributed by atoms with Crippen molar-refractivity contribution in [1.82, 2.24) is 24.6 Å². The molecule has 2 aromatic heterocycles. The first-order chi connectivity index (χ1) is 15.6. The second-order valence-electron chi connectivity index (χ2n) is 9.30. The topological polar surface area (TPSA) is 60.0 Å². The van der Waals surface area contributed by atoms with Crippen LogP contribution in [0.25, 0.3) is 11.6 Å². The van der Waals surface area contributed by atoms with Gasteiger partial charge in [0.2, 0.25) is 17.0 Å². The minimum atomic E-state index is -5.20. The van der Waals surface area contributed by atoms with Crippen molar-refractivity contribution >= 4 is 22.9 Å². The van der Waals surface area contributed by atoms with E-state index >= 15 is 0 Å². The van der Waals surface area contributed by atoms with Gasteiger partial charge in [-0.1, -0.05) is 30.8 Å². The van der Waals surface area contributed by atoms with Gasteiger partial charge >= 0.3 is 0 Å². The zero-order chi connectivity index (χ0) is 23.4. The smallest absolute Gasteiger partial charge is 0.237 e. The van der Waals surface area contributed by atoms with Crippen LogP contribution in [-0.2, 0) is 12.5 Å². The van der Waals surface area contributed by atoms with Crippen LogP contribution in [0.3, 0.4) is 0 Å². The Balaban J connectivity index is 1.17. The predicted octanol–water partition coefficient (Wildman–Crippen LogP) is 5.74. The number of nitrogens with zero attached hydrogens (tertiary/aromatic N) is 5. The van der Waals surface area contributed by atoms with E-state index < -0.39 is 16.1 Å². The fourth-order valence-electron chi connectivity index (χ4n) is 5.25. The van der Waals surface area contributed by atoms with Gasteiger partial charge < -0.3 is 13.9 Å². The maximum atomic E-state index is 13.3. The van der Waals surface area contributed by atoms with Crippen LogP contribution in [0.2, 0.25) is 0 Å². The molecule has 11 heteroatoms.